The van der Waals surface area contributed by atoms with Gasteiger partial charge in [-0.2, -0.15) is 5.26 Å². The van der Waals surface area contributed by atoms with Crippen molar-refractivity contribution in [2.75, 3.05) is 13.2 Å². The molecule has 0 saturated carbocycles. The van der Waals surface area contributed by atoms with Crippen LogP contribution in [0.3, 0.4) is 0 Å². The fourth-order valence-corrected chi connectivity index (χ4v) is 3.66. The highest BCUT2D eigenvalue weighted by Gasteiger charge is 2.35. The van der Waals surface area contributed by atoms with Crippen LogP contribution < -0.4 is 19.9 Å². The number of nitrogens with two attached hydrogens (primary N) is 1. The molecule has 0 radical (unpaired) electrons. The van der Waals surface area contributed by atoms with Gasteiger partial charge in [-0.1, -0.05) is 19.1 Å². The molecule has 2 heterocycles. The Morgan fingerprint density at radius 1 is 1.06 bits per heavy atom. The van der Waals surface area contributed by atoms with Gasteiger partial charge in [0, 0.05) is 5.56 Å². The molecule has 7 heteroatoms. The second kappa shape index (κ2) is 8.84. The highest BCUT2D eigenvalue weighted by molar-refractivity contribution is 5.71. The molecule has 0 amide bonds. The molecule has 3 N–H and O–H groups in total. The van der Waals surface area contributed by atoms with E-state index in [2.05, 4.69) is 23.2 Å². The van der Waals surface area contributed by atoms with E-state index in [4.69, 9.17) is 19.9 Å². The van der Waals surface area contributed by atoms with E-state index in [1.54, 1.807) is 0 Å². The van der Waals surface area contributed by atoms with Gasteiger partial charge in [-0.3, -0.25) is 5.10 Å². The largest absolute Gasteiger partial charge is 0.494 e. The fraction of sp³-hybridized carbons (Fsp3) is 0.250. The number of benzene rings is 2. The van der Waals surface area contributed by atoms with E-state index in [0.717, 1.165) is 40.3 Å². The minimum atomic E-state index is -0.408. The molecule has 0 fully saturated rings. The zero-order valence-electron chi connectivity index (χ0n) is 17.5. The molecule has 4 rings (SSSR count). The monoisotopic (exact) mass is 416 g/mol. The maximum atomic E-state index is 9.84. The molecule has 2 aromatic carbocycles. The Labute approximate surface area is 181 Å². The summed E-state index contributed by atoms with van der Waals surface area (Å²) < 4.78 is 16.9. The number of fused-ring (bicyclic) bond motifs is 1. The summed E-state index contributed by atoms with van der Waals surface area (Å²) in [7, 11) is 0. The van der Waals surface area contributed by atoms with Crippen molar-refractivity contribution in [3.8, 4) is 34.7 Å². The third-order valence-electron chi connectivity index (χ3n) is 5.08. The van der Waals surface area contributed by atoms with E-state index < -0.39 is 5.92 Å². The second-order valence-corrected chi connectivity index (χ2v) is 7.12. The number of hydrogen-bond donors (Lipinski definition) is 2. The first-order valence-electron chi connectivity index (χ1n) is 10.3. The van der Waals surface area contributed by atoms with Crippen LogP contribution in [0, 0.1) is 11.3 Å². The minimum Gasteiger partial charge on any atom is -0.494 e. The van der Waals surface area contributed by atoms with Crippen molar-refractivity contribution < 1.29 is 14.2 Å². The highest BCUT2D eigenvalue weighted by Crippen LogP contribution is 2.45. The van der Waals surface area contributed by atoms with Crippen molar-refractivity contribution in [1.29, 1.82) is 5.26 Å². The summed E-state index contributed by atoms with van der Waals surface area (Å²) in [6.45, 7) is 5.26. The standard InChI is InChI=1S/C24H24N4O3/c1-3-13-30-18-11-7-16(8-12-18)22-21-20(15-5-9-17(10-6-15)29-4-2)19(14-25)23(26)31-24(21)28-27-22/h5-12,20H,3-4,13,26H2,1-2H3,(H,27,28). The Bertz CT molecular complexity index is 1130. The summed E-state index contributed by atoms with van der Waals surface area (Å²) in [6, 6.07) is 17.6. The van der Waals surface area contributed by atoms with E-state index in [-0.39, 0.29) is 5.88 Å². The van der Waals surface area contributed by atoms with Crippen molar-refractivity contribution in [3.63, 3.8) is 0 Å². The van der Waals surface area contributed by atoms with Crippen LogP contribution in [-0.4, -0.2) is 23.4 Å². The first kappa shape index (κ1) is 20.4. The summed E-state index contributed by atoms with van der Waals surface area (Å²) in [6.07, 6.45) is 0.946. The summed E-state index contributed by atoms with van der Waals surface area (Å²) in [4.78, 5) is 0. The third-order valence-corrected chi connectivity index (χ3v) is 5.08. The lowest BCUT2D eigenvalue weighted by atomic mass is 9.83. The van der Waals surface area contributed by atoms with E-state index in [9.17, 15) is 5.26 Å². The molecule has 0 aliphatic carbocycles. The quantitative estimate of drug-likeness (QED) is 0.588. The number of H-pyrrole nitrogens is 1. The van der Waals surface area contributed by atoms with Gasteiger partial charge in [-0.15, -0.1) is 5.10 Å². The molecular weight excluding hydrogens is 392 g/mol. The van der Waals surface area contributed by atoms with Crippen LogP contribution in [0.4, 0.5) is 0 Å². The van der Waals surface area contributed by atoms with Crippen LogP contribution in [0.25, 0.3) is 11.3 Å². The topological polar surface area (TPSA) is 106 Å². The summed E-state index contributed by atoms with van der Waals surface area (Å²) in [5.74, 6) is 1.60. The Morgan fingerprint density at radius 3 is 2.39 bits per heavy atom. The first-order valence-corrected chi connectivity index (χ1v) is 10.3. The minimum absolute atomic E-state index is 0.0650. The number of nitrogens with one attached hydrogen (secondary N) is 1. The summed E-state index contributed by atoms with van der Waals surface area (Å²) >= 11 is 0. The van der Waals surface area contributed by atoms with E-state index in [0.29, 0.717) is 24.7 Å². The van der Waals surface area contributed by atoms with Crippen LogP contribution >= 0.6 is 0 Å². The predicted molar refractivity (Wildman–Crippen MR) is 117 cm³/mol. The van der Waals surface area contributed by atoms with Gasteiger partial charge >= 0.3 is 0 Å². The number of aromatic nitrogens is 2. The number of ether oxygens (including phenoxy) is 3. The molecule has 0 spiro atoms. The van der Waals surface area contributed by atoms with Gasteiger partial charge in [0.2, 0.25) is 11.8 Å². The number of nitriles is 1. The van der Waals surface area contributed by atoms with Crippen molar-refractivity contribution in [3.05, 3.63) is 71.1 Å². The average molecular weight is 416 g/mol. The van der Waals surface area contributed by atoms with Crippen molar-refractivity contribution in [2.24, 2.45) is 5.73 Å². The summed E-state index contributed by atoms with van der Waals surface area (Å²) in [5.41, 5.74) is 9.78. The van der Waals surface area contributed by atoms with Crippen LogP contribution in [0.2, 0.25) is 0 Å². The predicted octanol–water partition coefficient (Wildman–Crippen LogP) is 4.48. The van der Waals surface area contributed by atoms with Crippen LogP contribution in [0.5, 0.6) is 17.4 Å². The lowest BCUT2D eigenvalue weighted by molar-refractivity contribution is 0.317. The number of aromatic amines is 1. The number of rotatable bonds is 7. The van der Waals surface area contributed by atoms with Gasteiger partial charge in [-0.05, 0) is 55.3 Å². The lowest BCUT2D eigenvalue weighted by Crippen LogP contribution is -2.21. The van der Waals surface area contributed by atoms with Gasteiger partial charge in [-0.25, -0.2) is 0 Å². The normalized spacial score (nSPS) is 15.1. The molecule has 31 heavy (non-hydrogen) atoms. The van der Waals surface area contributed by atoms with Gasteiger partial charge in [0.1, 0.15) is 23.1 Å². The highest BCUT2D eigenvalue weighted by atomic mass is 16.5. The molecule has 158 valence electrons. The van der Waals surface area contributed by atoms with Gasteiger partial charge in [0.05, 0.1) is 30.4 Å². The van der Waals surface area contributed by atoms with Gasteiger partial charge in [0.15, 0.2) is 0 Å². The zero-order valence-corrected chi connectivity index (χ0v) is 17.5. The lowest BCUT2D eigenvalue weighted by Gasteiger charge is -2.24. The second-order valence-electron chi connectivity index (χ2n) is 7.12. The molecule has 1 atom stereocenters. The van der Waals surface area contributed by atoms with Crippen molar-refractivity contribution in [1.82, 2.24) is 10.2 Å². The van der Waals surface area contributed by atoms with E-state index in [1.807, 2.05) is 55.5 Å². The molecule has 1 unspecified atom stereocenters. The maximum absolute atomic E-state index is 9.84. The van der Waals surface area contributed by atoms with Crippen LogP contribution in [-0.2, 0) is 0 Å². The van der Waals surface area contributed by atoms with Crippen LogP contribution in [0.15, 0.2) is 60.0 Å². The molecule has 1 aliphatic heterocycles. The van der Waals surface area contributed by atoms with Crippen LogP contribution in [0.1, 0.15) is 37.3 Å². The van der Waals surface area contributed by atoms with Crippen molar-refractivity contribution >= 4 is 0 Å². The molecule has 0 saturated heterocycles. The molecule has 1 aromatic heterocycles. The summed E-state index contributed by atoms with van der Waals surface area (Å²) in [5, 5.41) is 17.2. The molecular formula is C24H24N4O3. The fourth-order valence-electron chi connectivity index (χ4n) is 3.66. The van der Waals surface area contributed by atoms with Gasteiger partial charge in [0.25, 0.3) is 0 Å². The Morgan fingerprint density at radius 2 is 1.74 bits per heavy atom. The smallest absolute Gasteiger partial charge is 0.244 e. The number of nitrogens with zero attached hydrogens (tertiary/aromatic N) is 2. The Balaban J connectivity index is 1.77. The average Bonchev–Trinajstić information content (AvgIpc) is 3.21. The number of allylic oxidation sites excluding steroid dienone is 1. The maximum Gasteiger partial charge on any atom is 0.244 e. The van der Waals surface area contributed by atoms with Crippen molar-refractivity contribution in [2.45, 2.75) is 26.2 Å². The van der Waals surface area contributed by atoms with E-state index >= 15 is 0 Å². The zero-order chi connectivity index (χ0) is 21.8. The van der Waals surface area contributed by atoms with Gasteiger partial charge < -0.3 is 19.9 Å². The Hall–Kier alpha value is -3.92. The molecule has 7 nitrogen and oxygen atoms in total. The van der Waals surface area contributed by atoms with E-state index in [1.165, 1.54) is 0 Å². The Kier molecular flexibility index (Phi) is 5.80. The first-order chi connectivity index (χ1) is 15.2. The molecule has 3 aromatic rings. The third kappa shape index (κ3) is 3.92. The number of hydrogen-bond acceptors (Lipinski definition) is 6. The SMILES string of the molecule is CCCOc1ccc(-c2[nH]nc3c2C(c2ccc(OCC)cc2)C(C#N)=C(N)O3)cc1. The molecule has 1 aliphatic rings. The molecule has 0 bridgehead atoms.